The molecular weight excluding hydrogens is 493 g/mol. The molecule has 3 aromatic rings. The van der Waals surface area contributed by atoms with Gasteiger partial charge >= 0.3 is 7.82 Å². The van der Waals surface area contributed by atoms with E-state index in [4.69, 9.17) is 24.0 Å². The Morgan fingerprint density at radius 3 is 2.91 bits per heavy atom. The van der Waals surface area contributed by atoms with Gasteiger partial charge in [0.25, 0.3) is 5.56 Å². The molecular formula is C20H21F2N4O8P. The monoisotopic (exact) mass is 514 g/mol. The molecule has 4 heterocycles. The van der Waals surface area contributed by atoms with Gasteiger partial charge in [0.15, 0.2) is 23.5 Å². The van der Waals surface area contributed by atoms with Crippen molar-refractivity contribution in [3.05, 3.63) is 58.0 Å². The van der Waals surface area contributed by atoms with Crippen molar-refractivity contribution in [3.8, 4) is 0 Å². The van der Waals surface area contributed by atoms with Crippen LogP contribution in [0.25, 0.3) is 11.0 Å². The number of H-pyrrole nitrogens is 1. The van der Waals surface area contributed by atoms with Crippen LogP contribution in [0.15, 0.2) is 35.3 Å². The summed E-state index contributed by atoms with van der Waals surface area (Å²) in [6.45, 7) is 1.05. The first-order valence-electron chi connectivity index (χ1n) is 10.5. The lowest BCUT2D eigenvalue weighted by molar-refractivity contribution is -0.145. The van der Waals surface area contributed by atoms with E-state index in [2.05, 4.69) is 9.97 Å². The van der Waals surface area contributed by atoms with Crippen molar-refractivity contribution in [2.24, 2.45) is 0 Å². The van der Waals surface area contributed by atoms with Crippen molar-refractivity contribution in [2.45, 2.75) is 43.7 Å². The van der Waals surface area contributed by atoms with Crippen LogP contribution in [0.3, 0.4) is 0 Å². The number of hydrogen-bond donors (Lipinski definition) is 4. The smallest absolute Gasteiger partial charge is 0.385 e. The average molecular weight is 514 g/mol. The van der Waals surface area contributed by atoms with E-state index in [1.807, 2.05) is 0 Å². The molecule has 0 amide bonds. The molecule has 2 unspecified atom stereocenters. The third-order valence-electron chi connectivity index (χ3n) is 5.92. The van der Waals surface area contributed by atoms with E-state index < -0.39 is 55.3 Å². The lowest BCUT2D eigenvalue weighted by atomic mass is 9.99. The van der Waals surface area contributed by atoms with Crippen LogP contribution in [0.4, 0.5) is 14.7 Å². The van der Waals surface area contributed by atoms with Crippen LogP contribution in [0, 0.1) is 11.6 Å². The second-order valence-corrected chi connectivity index (χ2v) is 9.92. The van der Waals surface area contributed by atoms with Crippen molar-refractivity contribution >= 4 is 24.8 Å². The molecule has 2 saturated heterocycles. The van der Waals surface area contributed by atoms with E-state index in [1.165, 1.54) is 35.9 Å². The second-order valence-electron chi connectivity index (χ2n) is 8.35. The third-order valence-corrected chi connectivity index (χ3v) is 7.40. The number of halogens is 2. The van der Waals surface area contributed by atoms with Gasteiger partial charge in [-0.3, -0.25) is 23.3 Å². The van der Waals surface area contributed by atoms with E-state index in [-0.39, 0.29) is 35.6 Å². The van der Waals surface area contributed by atoms with Gasteiger partial charge < -0.3 is 25.3 Å². The van der Waals surface area contributed by atoms with Gasteiger partial charge in [0.1, 0.15) is 11.7 Å². The maximum Gasteiger partial charge on any atom is 0.477 e. The molecule has 2 fully saturated rings. The van der Waals surface area contributed by atoms with Crippen molar-refractivity contribution in [1.29, 1.82) is 0 Å². The fraction of sp³-hybridized carbons (Fsp3) is 0.400. The quantitative estimate of drug-likeness (QED) is 0.377. The Morgan fingerprint density at radius 1 is 1.37 bits per heavy atom. The maximum atomic E-state index is 14.2. The lowest BCUT2D eigenvalue weighted by Crippen LogP contribution is -2.44. The van der Waals surface area contributed by atoms with Gasteiger partial charge in [0.05, 0.1) is 18.1 Å². The molecule has 188 valence electrons. The Kier molecular flexibility index (Phi) is 5.79. The molecule has 35 heavy (non-hydrogen) atoms. The van der Waals surface area contributed by atoms with Gasteiger partial charge in [-0.05, 0) is 19.1 Å². The Bertz CT molecular complexity index is 1400. The largest absolute Gasteiger partial charge is 0.477 e. The highest BCUT2D eigenvalue weighted by atomic mass is 31.2. The zero-order chi connectivity index (χ0) is 25.1. The number of nitrogens with one attached hydrogen (secondary N) is 1. The van der Waals surface area contributed by atoms with E-state index in [0.717, 1.165) is 6.07 Å². The Morgan fingerprint density at radius 2 is 2.14 bits per heavy atom. The highest BCUT2D eigenvalue weighted by Crippen LogP contribution is 2.59. The van der Waals surface area contributed by atoms with Crippen LogP contribution in [0.1, 0.15) is 31.2 Å². The van der Waals surface area contributed by atoms with Crippen molar-refractivity contribution < 1.29 is 41.9 Å². The summed E-state index contributed by atoms with van der Waals surface area (Å²) in [6.07, 6.45) is -4.57. The Labute approximate surface area is 195 Å². The highest BCUT2D eigenvalue weighted by Gasteiger charge is 2.57. The first-order chi connectivity index (χ1) is 16.5. The number of ether oxygens (including phenoxy) is 1. The number of aliphatic hydroxyl groups is 2. The van der Waals surface area contributed by atoms with Gasteiger partial charge in [-0.15, -0.1) is 0 Å². The first kappa shape index (κ1) is 24.0. The van der Waals surface area contributed by atoms with Crippen molar-refractivity contribution in [3.63, 3.8) is 0 Å². The van der Waals surface area contributed by atoms with Crippen LogP contribution in [0.2, 0.25) is 0 Å². The molecule has 5 N–H and O–H groups in total. The summed E-state index contributed by atoms with van der Waals surface area (Å²) >= 11 is 0. The second kappa shape index (κ2) is 8.45. The molecule has 2 aromatic heterocycles. The number of rotatable bonds is 4. The maximum absolute atomic E-state index is 14.2. The third kappa shape index (κ3) is 4.06. The number of anilines is 1. The van der Waals surface area contributed by atoms with Crippen molar-refractivity contribution in [1.82, 2.24) is 14.5 Å². The minimum absolute atomic E-state index is 0.0547. The molecule has 1 aromatic carbocycles. The lowest BCUT2D eigenvalue weighted by Gasteiger charge is -2.31. The van der Waals surface area contributed by atoms with Gasteiger partial charge in [-0.2, -0.15) is 4.98 Å². The summed E-state index contributed by atoms with van der Waals surface area (Å²) in [6, 6.07) is 4.89. The van der Waals surface area contributed by atoms with E-state index in [9.17, 15) is 28.4 Å². The molecule has 2 aliphatic heterocycles. The zero-order valence-corrected chi connectivity index (χ0v) is 19.0. The van der Waals surface area contributed by atoms with Crippen LogP contribution in [-0.4, -0.2) is 49.4 Å². The molecule has 0 radical (unpaired) electrons. The van der Waals surface area contributed by atoms with Crippen LogP contribution in [-0.2, 0) is 22.9 Å². The number of hydrogen-bond acceptors (Lipinski definition) is 10. The van der Waals surface area contributed by atoms with Gasteiger partial charge in [-0.25, -0.2) is 13.3 Å². The topological polar surface area (TPSA) is 171 Å². The standard InChI is InChI=1S/C20H21F2N4O8P/c1-20(29)14(27)17(32-18(20)26-7-5-10-15(26)24-19(23)25-16(10)28)34-35(30)31-8-6-12(33-35)9-3-2-4-11(21)13(9)22/h2-5,7,12,14,17-18,27,29H,6,8H2,1H3,(H3,23,24,25,28)/t12-,14-,17?,18-,20-,35?/m1/s1. The average Bonchev–Trinajstić information content (AvgIpc) is 3.29. The highest BCUT2D eigenvalue weighted by molar-refractivity contribution is 7.48. The summed E-state index contributed by atoms with van der Waals surface area (Å²) in [4.78, 5) is 18.5. The fourth-order valence-corrected chi connectivity index (χ4v) is 5.56. The van der Waals surface area contributed by atoms with E-state index in [0.29, 0.717) is 0 Å². The van der Waals surface area contributed by atoms with Gasteiger partial charge in [0, 0.05) is 18.2 Å². The van der Waals surface area contributed by atoms with E-state index >= 15 is 0 Å². The fourth-order valence-electron chi connectivity index (χ4n) is 4.11. The number of nitrogens with two attached hydrogens (primary N) is 1. The van der Waals surface area contributed by atoms with Crippen LogP contribution in [0.5, 0.6) is 0 Å². The molecule has 2 aliphatic rings. The molecule has 0 bridgehead atoms. The number of aromatic nitrogens is 3. The summed E-state index contributed by atoms with van der Waals surface area (Å²) < 4.78 is 63.8. The molecule has 0 spiro atoms. The number of nitrogens with zero attached hydrogens (tertiary/aromatic N) is 2. The normalized spacial score (nSPS) is 33.4. The number of nitrogen functional groups attached to an aromatic ring is 1. The molecule has 0 aliphatic carbocycles. The number of aliphatic hydroxyl groups excluding tert-OH is 1. The summed E-state index contributed by atoms with van der Waals surface area (Å²) in [5, 5.41) is 21.8. The van der Waals surface area contributed by atoms with Gasteiger partial charge in [0.2, 0.25) is 12.2 Å². The molecule has 6 atom stereocenters. The number of benzene rings is 1. The van der Waals surface area contributed by atoms with Crippen LogP contribution < -0.4 is 11.3 Å². The first-order valence-corrected chi connectivity index (χ1v) is 11.9. The molecule has 0 saturated carbocycles. The minimum atomic E-state index is -4.47. The Hall–Kier alpha value is -2.71. The SMILES string of the molecule is C[C@@]1(O)[C@H](O)C(OP2(=O)OCC[C@H](c3cccc(F)c3F)O2)O[C@H]1n1ccc2c(=O)[nH]c(N)nc21. The summed E-state index contributed by atoms with van der Waals surface area (Å²) in [7, 11) is -4.47. The predicted molar refractivity (Wildman–Crippen MR) is 115 cm³/mol. The summed E-state index contributed by atoms with van der Waals surface area (Å²) in [5.74, 6) is -2.45. The van der Waals surface area contributed by atoms with Gasteiger partial charge in [-0.1, -0.05) is 12.1 Å². The zero-order valence-electron chi connectivity index (χ0n) is 18.1. The molecule has 12 nitrogen and oxygen atoms in total. The Balaban J connectivity index is 1.41. The molecule has 15 heteroatoms. The predicted octanol–water partition coefficient (Wildman–Crippen LogP) is 1.85. The van der Waals surface area contributed by atoms with E-state index in [1.54, 1.807) is 0 Å². The summed E-state index contributed by atoms with van der Waals surface area (Å²) in [5.41, 5.74) is 2.94. The minimum Gasteiger partial charge on any atom is -0.385 e. The number of phosphoric ester groups is 1. The molecule has 5 rings (SSSR count). The van der Waals surface area contributed by atoms with Crippen LogP contribution >= 0.6 is 7.82 Å². The number of fused-ring (bicyclic) bond motifs is 1. The number of aromatic amines is 1. The van der Waals surface area contributed by atoms with Crippen molar-refractivity contribution in [2.75, 3.05) is 12.3 Å². The number of phosphoric acid groups is 1.